The first-order valence-electron chi connectivity index (χ1n) is 6.10. The smallest absolute Gasteiger partial charge is 0.329 e. The number of nitrogens with one attached hydrogen (secondary N) is 1. The fraction of sp³-hybridized carbons (Fsp3) is 0.231. The van der Waals surface area contributed by atoms with Crippen molar-refractivity contribution in [2.75, 3.05) is 18.5 Å². The second-order valence-corrected chi connectivity index (χ2v) is 4.25. The molecule has 1 aromatic heterocycles. The lowest BCUT2D eigenvalue weighted by Crippen LogP contribution is -2.21. The third kappa shape index (κ3) is 3.86. The van der Waals surface area contributed by atoms with Crippen molar-refractivity contribution in [1.29, 1.82) is 0 Å². The first kappa shape index (κ1) is 14.7. The van der Waals surface area contributed by atoms with Gasteiger partial charge in [0.1, 0.15) is 19.5 Å². The van der Waals surface area contributed by atoms with Crippen LogP contribution in [0.4, 0.5) is 5.69 Å². The Kier molecular flexibility index (Phi) is 4.62. The van der Waals surface area contributed by atoms with Gasteiger partial charge in [-0.1, -0.05) is 12.1 Å². The van der Waals surface area contributed by atoms with Crippen molar-refractivity contribution in [3.63, 3.8) is 0 Å². The number of rotatable bonds is 6. The van der Waals surface area contributed by atoms with Crippen molar-refractivity contribution in [3.8, 4) is 11.4 Å². The van der Waals surface area contributed by atoms with E-state index in [1.165, 1.54) is 0 Å². The predicted molar refractivity (Wildman–Crippen MR) is 73.5 cm³/mol. The summed E-state index contributed by atoms with van der Waals surface area (Å²) in [5.74, 6) is -0.953. The molecule has 8 heteroatoms. The van der Waals surface area contributed by atoms with Gasteiger partial charge in [-0.2, -0.15) is 0 Å². The van der Waals surface area contributed by atoms with E-state index in [1.807, 2.05) is 6.07 Å². The number of aryl methyl sites for hydroxylation is 1. The van der Waals surface area contributed by atoms with Crippen LogP contribution in [0.25, 0.3) is 11.4 Å². The molecule has 21 heavy (non-hydrogen) atoms. The van der Waals surface area contributed by atoms with Gasteiger partial charge >= 0.3 is 5.97 Å². The van der Waals surface area contributed by atoms with E-state index < -0.39 is 18.5 Å². The lowest BCUT2D eigenvalue weighted by atomic mass is 10.1. The van der Waals surface area contributed by atoms with E-state index in [0.29, 0.717) is 17.1 Å². The van der Waals surface area contributed by atoms with Gasteiger partial charge in [0.15, 0.2) is 5.82 Å². The van der Waals surface area contributed by atoms with E-state index in [1.54, 1.807) is 36.1 Å². The van der Waals surface area contributed by atoms with Crippen LogP contribution >= 0.6 is 0 Å². The zero-order valence-corrected chi connectivity index (χ0v) is 11.3. The van der Waals surface area contributed by atoms with Gasteiger partial charge in [-0.15, -0.1) is 10.2 Å². The molecule has 0 aliphatic heterocycles. The normalized spacial score (nSPS) is 10.3. The van der Waals surface area contributed by atoms with Crippen LogP contribution in [0.15, 0.2) is 30.6 Å². The quantitative estimate of drug-likeness (QED) is 0.803. The van der Waals surface area contributed by atoms with Crippen LogP contribution in [0, 0.1) is 0 Å². The molecule has 1 amide bonds. The average Bonchev–Trinajstić information content (AvgIpc) is 2.85. The second kappa shape index (κ2) is 6.62. The molecule has 110 valence electrons. The summed E-state index contributed by atoms with van der Waals surface area (Å²) in [5.41, 5.74) is 1.27. The number of hydrogen-bond donors (Lipinski definition) is 2. The van der Waals surface area contributed by atoms with Crippen LogP contribution in [-0.2, 0) is 21.4 Å². The molecule has 2 aromatic rings. The number of aromatic nitrogens is 3. The van der Waals surface area contributed by atoms with Crippen LogP contribution in [0.1, 0.15) is 0 Å². The Hall–Kier alpha value is -2.74. The van der Waals surface area contributed by atoms with E-state index in [9.17, 15) is 9.59 Å². The Balaban J connectivity index is 2.09. The van der Waals surface area contributed by atoms with Gasteiger partial charge in [0, 0.05) is 12.6 Å². The summed E-state index contributed by atoms with van der Waals surface area (Å²) in [5, 5.41) is 18.9. The maximum Gasteiger partial charge on any atom is 0.329 e. The molecule has 0 spiro atoms. The van der Waals surface area contributed by atoms with Crippen molar-refractivity contribution in [1.82, 2.24) is 14.8 Å². The molecule has 1 heterocycles. The van der Waals surface area contributed by atoms with E-state index in [0.717, 1.165) is 0 Å². The summed E-state index contributed by atoms with van der Waals surface area (Å²) in [7, 11) is 1.80. The van der Waals surface area contributed by atoms with E-state index >= 15 is 0 Å². The highest BCUT2D eigenvalue weighted by molar-refractivity contribution is 5.95. The van der Waals surface area contributed by atoms with Crippen LogP contribution in [0.3, 0.4) is 0 Å². The molecule has 2 rings (SSSR count). The number of carboxylic acids is 1. The number of aliphatic carboxylic acids is 1. The molecular formula is C13H14N4O4. The minimum absolute atomic E-state index is 0.334. The summed E-state index contributed by atoms with van der Waals surface area (Å²) < 4.78 is 6.47. The van der Waals surface area contributed by atoms with Gasteiger partial charge in [-0.3, -0.25) is 4.79 Å². The lowest BCUT2D eigenvalue weighted by molar-refractivity contribution is -0.143. The van der Waals surface area contributed by atoms with Crippen LogP contribution in [0.5, 0.6) is 0 Å². The number of para-hydroxylation sites is 1. The fourth-order valence-electron chi connectivity index (χ4n) is 1.73. The van der Waals surface area contributed by atoms with Crippen molar-refractivity contribution < 1.29 is 19.4 Å². The van der Waals surface area contributed by atoms with Crippen LogP contribution < -0.4 is 5.32 Å². The molecule has 0 aliphatic rings. The average molecular weight is 290 g/mol. The molecule has 0 atom stereocenters. The molecule has 0 bridgehead atoms. The number of benzene rings is 1. The molecule has 0 aliphatic carbocycles. The van der Waals surface area contributed by atoms with Gasteiger partial charge in [-0.25, -0.2) is 4.79 Å². The minimum Gasteiger partial charge on any atom is -0.480 e. The highest BCUT2D eigenvalue weighted by atomic mass is 16.5. The minimum atomic E-state index is -1.12. The predicted octanol–water partition coefficient (Wildman–Crippen LogP) is 0.522. The maximum atomic E-state index is 11.7. The number of hydrogen-bond acceptors (Lipinski definition) is 5. The third-order valence-electron chi connectivity index (χ3n) is 2.61. The summed E-state index contributed by atoms with van der Waals surface area (Å²) in [6.07, 6.45) is 1.56. The molecule has 8 nitrogen and oxygen atoms in total. The number of carbonyl (C=O) groups excluding carboxylic acids is 1. The van der Waals surface area contributed by atoms with Crippen molar-refractivity contribution in [3.05, 3.63) is 30.6 Å². The fourth-order valence-corrected chi connectivity index (χ4v) is 1.73. The van der Waals surface area contributed by atoms with Gasteiger partial charge in [-0.05, 0) is 12.1 Å². The SMILES string of the molecule is Cn1cnnc1-c1ccccc1NC(=O)COCC(=O)O. The van der Waals surface area contributed by atoms with Crippen LogP contribution in [0.2, 0.25) is 0 Å². The monoisotopic (exact) mass is 290 g/mol. The second-order valence-electron chi connectivity index (χ2n) is 4.25. The Bertz CT molecular complexity index is 653. The summed E-state index contributed by atoms with van der Waals surface area (Å²) >= 11 is 0. The van der Waals surface area contributed by atoms with Gasteiger partial charge in [0.05, 0.1) is 5.69 Å². The highest BCUT2D eigenvalue weighted by Gasteiger charge is 2.12. The van der Waals surface area contributed by atoms with Crippen molar-refractivity contribution in [2.45, 2.75) is 0 Å². The summed E-state index contributed by atoms with van der Waals surface area (Å²) in [6, 6.07) is 7.12. The molecule has 1 aromatic carbocycles. The van der Waals surface area contributed by atoms with Crippen LogP contribution in [-0.4, -0.2) is 45.0 Å². The third-order valence-corrected chi connectivity index (χ3v) is 2.61. The number of ether oxygens (including phenoxy) is 1. The Morgan fingerprint density at radius 2 is 2.10 bits per heavy atom. The molecule has 0 saturated heterocycles. The zero-order valence-electron chi connectivity index (χ0n) is 11.3. The first-order chi connectivity index (χ1) is 10.1. The number of amides is 1. The van der Waals surface area contributed by atoms with Gasteiger partial charge < -0.3 is 19.7 Å². The highest BCUT2D eigenvalue weighted by Crippen LogP contribution is 2.25. The molecule has 2 N–H and O–H groups in total. The first-order valence-corrected chi connectivity index (χ1v) is 6.10. The summed E-state index contributed by atoms with van der Waals surface area (Å²) in [6.45, 7) is -0.849. The molecule has 0 fully saturated rings. The molecule has 0 saturated carbocycles. The van der Waals surface area contributed by atoms with Gasteiger partial charge in [0.25, 0.3) is 0 Å². The molecular weight excluding hydrogens is 276 g/mol. The van der Waals surface area contributed by atoms with E-state index in [2.05, 4.69) is 15.5 Å². The summed E-state index contributed by atoms with van der Waals surface area (Å²) in [4.78, 5) is 22.0. The number of carboxylic acid groups (broad SMARTS) is 1. The van der Waals surface area contributed by atoms with Crippen molar-refractivity contribution in [2.24, 2.45) is 7.05 Å². The topological polar surface area (TPSA) is 106 Å². The Morgan fingerprint density at radius 3 is 2.76 bits per heavy atom. The zero-order chi connectivity index (χ0) is 15.2. The number of nitrogens with zero attached hydrogens (tertiary/aromatic N) is 3. The number of carbonyl (C=O) groups is 2. The van der Waals surface area contributed by atoms with Crippen molar-refractivity contribution >= 4 is 17.6 Å². The van der Waals surface area contributed by atoms with Gasteiger partial charge in [0.2, 0.25) is 5.91 Å². The Morgan fingerprint density at radius 1 is 1.33 bits per heavy atom. The number of anilines is 1. The van der Waals surface area contributed by atoms with E-state index in [4.69, 9.17) is 9.84 Å². The Labute approximate surface area is 120 Å². The maximum absolute atomic E-state index is 11.7. The standard InChI is InChI=1S/C13H14N4O4/c1-17-8-14-16-13(17)9-4-2-3-5-10(9)15-11(18)6-21-7-12(19)20/h2-5,8H,6-7H2,1H3,(H,15,18)(H,19,20). The lowest BCUT2D eigenvalue weighted by Gasteiger charge is -2.10. The molecule has 0 unspecified atom stereocenters. The molecule has 0 radical (unpaired) electrons. The largest absolute Gasteiger partial charge is 0.480 e. The van der Waals surface area contributed by atoms with E-state index in [-0.39, 0.29) is 6.61 Å².